The average Bonchev–Trinajstić information content (AvgIpc) is 2.73. The standard InChI is InChI=1S/C22H20ClN3O3S/c1-30(28,29)26(20-8-3-2-4-9-20)16-17-11-13-18(14-12-17)22(27)25-24-15-19-7-5-6-10-21(19)23/h2-15H,16H2,1H3,(H,25,27). The highest BCUT2D eigenvalue weighted by Gasteiger charge is 2.17. The van der Waals surface area contributed by atoms with Gasteiger partial charge >= 0.3 is 0 Å². The molecule has 0 saturated heterocycles. The van der Waals surface area contributed by atoms with Gasteiger partial charge in [-0.2, -0.15) is 5.10 Å². The minimum absolute atomic E-state index is 0.162. The van der Waals surface area contributed by atoms with E-state index in [-0.39, 0.29) is 12.5 Å². The Hall–Kier alpha value is -3.16. The van der Waals surface area contributed by atoms with Gasteiger partial charge in [0, 0.05) is 16.1 Å². The van der Waals surface area contributed by atoms with Gasteiger partial charge in [-0.1, -0.05) is 60.1 Å². The predicted molar refractivity (Wildman–Crippen MR) is 120 cm³/mol. The summed E-state index contributed by atoms with van der Waals surface area (Å²) in [5, 5.41) is 4.46. The number of amides is 1. The molecule has 0 aliphatic heterocycles. The molecular weight excluding hydrogens is 422 g/mol. The van der Waals surface area contributed by atoms with Crippen LogP contribution in [0.1, 0.15) is 21.5 Å². The number of hydrogen-bond acceptors (Lipinski definition) is 4. The van der Waals surface area contributed by atoms with E-state index in [1.54, 1.807) is 60.7 Å². The van der Waals surface area contributed by atoms with Crippen LogP contribution in [0.15, 0.2) is 84.0 Å². The molecule has 30 heavy (non-hydrogen) atoms. The molecule has 0 atom stereocenters. The molecule has 0 spiro atoms. The second-order valence-electron chi connectivity index (χ2n) is 6.52. The van der Waals surface area contributed by atoms with Crippen LogP contribution in [0.5, 0.6) is 0 Å². The van der Waals surface area contributed by atoms with Gasteiger partial charge in [-0.3, -0.25) is 9.10 Å². The fourth-order valence-electron chi connectivity index (χ4n) is 2.73. The van der Waals surface area contributed by atoms with E-state index in [2.05, 4.69) is 10.5 Å². The Morgan fingerprint density at radius 3 is 2.27 bits per heavy atom. The van der Waals surface area contributed by atoms with E-state index in [1.807, 2.05) is 18.2 Å². The van der Waals surface area contributed by atoms with Gasteiger partial charge in [-0.25, -0.2) is 13.8 Å². The van der Waals surface area contributed by atoms with Gasteiger partial charge in [-0.15, -0.1) is 0 Å². The fourth-order valence-corrected chi connectivity index (χ4v) is 3.80. The summed E-state index contributed by atoms with van der Waals surface area (Å²) >= 11 is 6.04. The molecule has 3 rings (SSSR count). The summed E-state index contributed by atoms with van der Waals surface area (Å²) in [6, 6.07) is 22.7. The molecular formula is C22H20ClN3O3S. The molecule has 0 heterocycles. The monoisotopic (exact) mass is 441 g/mol. The first-order valence-corrected chi connectivity index (χ1v) is 11.3. The number of rotatable bonds is 7. The lowest BCUT2D eigenvalue weighted by Gasteiger charge is -2.22. The zero-order valence-electron chi connectivity index (χ0n) is 16.2. The summed E-state index contributed by atoms with van der Waals surface area (Å²) < 4.78 is 25.7. The zero-order chi connectivity index (χ0) is 21.6. The van der Waals surface area contributed by atoms with E-state index in [0.717, 1.165) is 5.56 Å². The van der Waals surface area contributed by atoms with E-state index >= 15 is 0 Å². The minimum atomic E-state index is -3.46. The van der Waals surface area contributed by atoms with Crippen molar-refractivity contribution in [3.8, 4) is 0 Å². The van der Waals surface area contributed by atoms with Crippen molar-refractivity contribution in [2.24, 2.45) is 5.10 Å². The molecule has 0 aliphatic carbocycles. The maximum absolute atomic E-state index is 12.3. The van der Waals surface area contributed by atoms with Crippen molar-refractivity contribution >= 4 is 39.4 Å². The highest BCUT2D eigenvalue weighted by molar-refractivity contribution is 7.92. The maximum Gasteiger partial charge on any atom is 0.271 e. The Morgan fingerprint density at radius 1 is 1.00 bits per heavy atom. The molecule has 154 valence electrons. The molecule has 3 aromatic carbocycles. The van der Waals surface area contributed by atoms with Crippen molar-refractivity contribution in [1.82, 2.24) is 5.43 Å². The Morgan fingerprint density at radius 2 is 1.63 bits per heavy atom. The number of anilines is 1. The molecule has 8 heteroatoms. The molecule has 0 bridgehead atoms. The van der Waals surface area contributed by atoms with E-state index in [4.69, 9.17) is 11.6 Å². The summed E-state index contributed by atoms with van der Waals surface area (Å²) in [5.41, 5.74) is 4.88. The summed E-state index contributed by atoms with van der Waals surface area (Å²) in [4.78, 5) is 12.3. The molecule has 0 saturated carbocycles. The predicted octanol–water partition coefficient (Wildman–Crippen LogP) is 4.07. The SMILES string of the molecule is CS(=O)(=O)N(Cc1ccc(C(=O)NN=Cc2ccccc2Cl)cc1)c1ccccc1. The molecule has 0 aliphatic rings. The van der Waals surface area contributed by atoms with Crippen LogP contribution in [0.4, 0.5) is 5.69 Å². The normalized spacial score (nSPS) is 11.4. The van der Waals surface area contributed by atoms with Gasteiger partial charge in [0.25, 0.3) is 5.91 Å². The smallest absolute Gasteiger partial charge is 0.267 e. The molecule has 3 aromatic rings. The highest BCUT2D eigenvalue weighted by Crippen LogP contribution is 2.20. The van der Waals surface area contributed by atoms with Gasteiger partial charge in [0.2, 0.25) is 10.0 Å². The van der Waals surface area contributed by atoms with Crippen LogP contribution in [0.3, 0.4) is 0 Å². The summed E-state index contributed by atoms with van der Waals surface area (Å²) in [6.45, 7) is 0.162. The number of carbonyl (C=O) groups is 1. The number of nitrogens with one attached hydrogen (secondary N) is 1. The van der Waals surface area contributed by atoms with Gasteiger partial charge in [0.1, 0.15) is 0 Å². The first-order chi connectivity index (χ1) is 14.3. The fraction of sp³-hybridized carbons (Fsp3) is 0.0909. The summed E-state index contributed by atoms with van der Waals surface area (Å²) in [7, 11) is -3.46. The molecule has 1 amide bonds. The largest absolute Gasteiger partial charge is 0.271 e. The van der Waals surface area contributed by atoms with E-state index < -0.39 is 10.0 Å². The van der Waals surface area contributed by atoms with Crippen molar-refractivity contribution < 1.29 is 13.2 Å². The molecule has 1 N–H and O–H groups in total. The Labute approximate surface area is 180 Å². The zero-order valence-corrected chi connectivity index (χ0v) is 17.8. The summed E-state index contributed by atoms with van der Waals surface area (Å²) in [6.07, 6.45) is 2.64. The van der Waals surface area contributed by atoms with Gasteiger partial charge in [0.05, 0.1) is 24.7 Å². The van der Waals surface area contributed by atoms with Crippen molar-refractivity contribution in [3.05, 3.63) is 101 Å². The quantitative estimate of drug-likeness (QED) is 0.443. The lowest BCUT2D eigenvalue weighted by atomic mass is 10.1. The molecule has 0 aromatic heterocycles. The average molecular weight is 442 g/mol. The van der Waals surface area contributed by atoms with E-state index in [0.29, 0.717) is 21.8 Å². The molecule has 0 radical (unpaired) electrons. The van der Waals surface area contributed by atoms with Crippen LogP contribution in [0.2, 0.25) is 5.02 Å². The number of halogens is 1. The van der Waals surface area contributed by atoms with Crippen LogP contribution >= 0.6 is 11.6 Å². The topological polar surface area (TPSA) is 78.8 Å². The first kappa shape index (κ1) is 21.5. The lowest BCUT2D eigenvalue weighted by Crippen LogP contribution is -2.29. The van der Waals surface area contributed by atoms with Crippen molar-refractivity contribution in [2.45, 2.75) is 6.54 Å². The molecule has 6 nitrogen and oxygen atoms in total. The number of carbonyl (C=O) groups excluding carboxylic acids is 1. The number of hydrogen-bond donors (Lipinski definition) is 1. The Balaban J connectivity index is 1.68. The maximum atomic E-state index is 12.3. The third kappa shape index (κ3) is 5.68. The second kappa shape index (κ2) is 9.56. The highest BCUT2D eigenvalue weighted by atomic mass is 35.5. The van der Waals surface area contributed by atoms with Crippen LogP contribution in [-0.2, 0) is 16.6 Å². The molecule has 0 fully saturated rings. The van der Waals surface area contributed by atoms with E-state index in [1.165, 1.54) is 16.8 Å². The number of para-hydroxylation sites is 1. The van der Waals surface area contributed by atoms with Crippen LogP contribution in [0.25, 0.3) is 0 Å². The van der Waals surface area contributed by atoms with Crippen LogP contribution in [0, 0.1) is 0 Å². The Kier molecular flexibility index (Phi) is 6.87. The number of benzene rings is 3. The lowest BCUT2D eigenvalue weighted by molar-refractivity contribution is 0.0955. The van der Waals surface area contributed by atoms with Crippen molar-refractivity contribution in [3.63, 3.8) is 0 Å². The van der Waals surface area contributed by atoms with Crippen molar-refractivity contribution in [1.29, 1.82) is 0 Å². The Bertz CT molecular complexity index is 1150. The van der Waals surface area contributed by atoms with Gasteiger partial charge < -0.3 is 0 Å². The third-order valence-electron chi connectivity index (χ3n) is 4.26. The van der Waals surface area contributed by atoms with Crippen LogP contribution < -0.4 is 9.73 Å². The number of hydrazone groups is 1. The minimum Gasteiger partial charge on any atom is -0.267 e. The molecule has 0 unspecified atom stereocenters. The van der Waals surface area contributed by atoms with Gasteiger partial charge in [0.15, 0.2) is 0 Å². The van der Waals surface area contributed by atoms with Crippen molar-refractivity contribution in [2.75, 3.05) is 10.6 Å². The number of sulfonamides is 1. The van der Waals surface area contributed by atoms with Gasteiger partial charge in [-0.05, 0) is 35.9 Å². The second-order valence-corrected chi connectivity index (χ2v) is 8.84. The van der Waals surface area contributed by atoms with E-state index in [9.17, 15) is 13.2 Å². The van der Waals surface area contributed by atoms with Crippen LogP contribution in [-0.4, -0.2) is 26.8 Å². The number of nitrogens with zero attached hydrogens (tertiary/aromatic N) is 2. The first-order valence-electron chi connectivity index (χ1n) is 9.04. The third-order valence-corrected chi connectivity index (χ3v) is 5.75. The summed E-state index contributed by atoms with van der Waals surface area (Å²) in [5.74, 6) is -0.382.